The molecule has 0 aliphatic heterocycles. The molecule has 0 N–H and O–H groups in total. The molecule has 0 unspecified atom stereocenters. The van der Waals surface area contributed by atoms with Crippen LogP contribution in [0.4, 0.5) is 13.2 Å². The molecule has 0 spiro atoms. The van der Waals surface area contributed by atoms with Crippen LogP contribution in [0.15, 0.2) is 47.2 Å². The number of nitrogens with zero attached hydrogens (tertiary/aromatic N) is 2. The lowest BCUT2D eigenvalue weighted by molar-refractivity contribution is -0.137. The Balaban J connectivity index is 1.52. The molecule has 0 saturated heterocycles. The topological polar surface area (TPSA) is 33.2 Å². The van der Waals surface area contributed by atoms with Gasteiger partial charge in [0.05, 0.1) is 10.4 Å². The quantitative estimate of drug-likeness (QED) is 0.543. The second-order valence-electron chi connectivity index (χ2n) is 6.37. The van der Waals surface area contributed by atoms with Gasteiger partial charge in [0.2, 0.25) is 0 Å². The van der Waals surface area contributed by atoms with Crippen LogP contribution in [0.1, 0.15) is 34.5 Å². The Labute approximate surface area is 162 Å². The third-order valence-electron chi connectivity index (χ3n) is 4.34. The zero-order valence-electron chi connectivity index (χ0n) is 14.1. The lowest BCUT2D eigenvalue weighted by Gasteiger charge is -2.22. The molecule has 1 aromatic carbocycles. The smallest absolute Gasteiger partial charge is 0.330 e. The summed E-state index contributed by atoms with van der Waals surface area (Å²) in [6.45, 7) is 0.285. The Bertz CT molecular complexity index is 929. The SMILES string of the molecule is O=C(c1csc(-c2cccs2)n1)N(Cc1ccc(C(F)(F)F)cc1)C1CC1. The van der Waals surface area contributed by atoms with Gasteiger partial charge < -0.3 is 4.90 Å². The lowest BCUT2D eigenvalue weighted by Crippen LogP contribution is -2.32. The van der Waals surface area contributed by atoms with Crippen molar-refractivity contribution >= 4 is 28.6 Å². The Morgan fingerprint density at radius 1 is 1.15 bits per heavy atom. The molecule has 1 saturated carbocycles. The van der Waals surface area contributed by atoms with E-state index in [1.807, 2.05) is 17.5 Å². The van der Waals surface area contributed by atoms with E-state index >= 15 is 0 Å². The van der Waals surface area contributed by atoms with Crippen LogP contribution in [-0.2, 0) is 12.7 Å². The molecule has 4 rings (SSSR count). The van der Waals surface area contributed by atoms with E-state index in [1.165, 1.54) is 23.5 Å². The maximum atomic E-state index is 12.9. The molecule has 0 radical (unpaired) electrons. The highest BCUT2D eigenvalue weighted by Crippen LogP contribution is 2.33. The van der Waals surface area contributed by atoms with Gasteiger partial charge in [0.15, 0.2) is 0 Å². The van der Waals surface area contributed by atoms with Gasteiger partial charge in [-0.3, -0.25) is 4.79 Å². The molecule has 8 heteroatoms. The number of hydrogen-bond donors (Lipinski definition) is 0. The zero-order chi connectivity index (χ0) is 19.0. The van der Waals surface area contributed by atoms with Crippen LogP contribution in [0.2, 0.25) is 0 Å². The van der Waals surface area contributed by atoms with Gasteiger partial charge in [-0.1, -0.05) is 18.2 Å². The van der Waals surface area contributed by atoms with Crippen LogP contribution in [-0.4, -0.2) is 21.8 Å². The van der Waals surface area contributed by atoms with Gasteiger partial charge in [0.1, 0.15) is 10.7 Å². The van der Waals surface area contributed by atoms with Crippen molar-refractivity contribution in [2.24, 2.45) is 0 Å². The number of alkyl halides is 3. The fourth-order valence-corrected chi connectivity index (χ4v) is 4.39. The predicted molar refractivity (Wildman–Crippen MR) is 99.8 cm³/mol. The van der Waals surface area contributed by atoms with E-state index in [4.69, 9.17) is 0 Å². The van der Waals surface area contributed by atoms with E-state index < -0.39 is 11.7 Å². The number of amides is 1. The molecule has 27 heavy (non-hydrogen) atoms. The molecular weight excluding hydrogens is 393 g/mol. The van der Waals surface area contributed by atoms with Crippen molar-refractivity contribution in [3.8, 4) is 9.88 Å². The van der Waals surface area contributed by atoms with Crippen LogP contribution in [0.5, 0.6) is 0 Å². The normalized spacial score (nSPS) is 14.3. The summed E-state index contributed by atoms with van der Waals surface area (Å²) in [5.41, 5.74) is 0.384. The Hall–Kier alpha value is -2.19. The van der Waals surface area contributed by atoms with Gasteiger partial charge in [0, 0.05) is 18.0 Å². The number of aromatic nitrogens is 1. The minimum atomic E-state index is -4.36. The summed E-state index contributed by atoms with van der Waals surface area (Å²) < 4.78 is 38.2. The molecule has 0 atom stereocenters. The fourth-order valence-electron chi connectivity index (χ4n) is 2.78. The molecule has 2 aromatic heterocycles. The minimum Gasteiger partial charge on any atom is -0.330 e. The van der Waals surface area contributed by atoms with Crippen LogP contribution < -0.4 is 0 Å². The maximum Gasteiger partial charge on any atom is 0.416 e. The fraction of sp³-hybridized carbons (Fsp3) is 0.263. The number of benzene rings is 1. The Kier molecular flexibility index (Phi) is 4.77. The summed E-state index contributed by atoms with van der Waals surface area (Å²) in [6.07, 6.45) is -2.54. The van der Waals surface area contributed by atoms with Crippen molar-refractivity contribution in [1.82, 2.24) is 9.88 Å². The van der Waals surface area contributed by atoms with Crippen molar-refractivity contribution in [2.45, 2.75) is 31.6 Å². The molecular formula is C19H15F3N2OS2. The molecule has 1 aliphatic carbocycles. The van der Waals surface area contributed by atoms with Gasteiger partial charge >= 0.3 is 6.18 Å². The molecule has 1 aliphatic rings. The third-order valence-corrected chi connectivity index (χ3v) is 6.22. The highest BCUT2D eigenvalue weighted by molar-refractivity contribution is 7.20. The van der Waals surface area contributed by atoms with E-state index in [-0.39, 0.29) is 18.5 Å². The average Bonchev–Trinajstić information content (AvgIpc) is 3.12. The van der Waals surface area contributed by atoms with Crippen molar-refractivity contribution in [1.29, 1.82) is 0 Å². The van der Waals surface area contributed by atoms with Crippen molar-refractivity contribution in [3.63, 3.8) is 0 Å². The second-order valence-corrected chi connectivity index (χ2v) is 8.18. The molecule has 1 fully saturated rings. The number of carbonyl (C=O) groups excluding carboxylic acids is 1. The van der Waals surface area contributed by atoms with Gasteiger partial charge in [0.25, 0.3) is 5.91 Å². The van der Waals surface area contributed by atoms with E-state index in [0.29, 0.717) is 11.3 Å². The van der Waals surface area contributed by atoms with Gasteiger partial charge in [-0.15, -0.1) is 22.7 Å². The number of carbonyl (C=O) groups is 1. The Morgan fingerprint density at radius 2 is 1.89 bits per heavy atom. The van der Waals surface area contributed by atoms with Gasteiger partial charge in [-0.25, -0.2) is 4.98 Å². The zero-order valence-corrected chi connectivity index (χ0v) is 15.7. The van der Waals surface area contributed by atoms with E-state index in [0.717, 1.165) is 34.9 Å². The first-order valence-electron chi connectivity index (χ1n) is 8.38. The first-order valence-corrected chi connectivity index (χ1v) is 10.1. The van der Waals surface area contributed by atoms with Crippen LogP contribution in [0, 0.1) is 0 Å². The van der Waals surface area contributed by atoms with Gasteiger partial charge in [-0.05, 0) is 42.0 Å². The first-order chi connectivity index (χ1) is 12.9. The molecule has 3 nitrogen and oxygen atoms in total. The molecule has 3 aromatic rings. The van der Waals surface area contributed by atoms with Crippen LogP contribution in [0.3, 0.4) is 0 Å². The van der Waals surface area contributed by atoms with E-state index in [1.54, 1.807) is 21.6 Å². The number of thiazole rings is 1. The number of thiophene rings is 1. The Morgan fingerprint density at radius 3 is 2.48 bits per heavy atom. The highest BCUT2D eigenvalue weighted by atomic mass is 32.1. The van der Waals surface area contributed by atoms with Gasteiger partial charge in [-0.2, -0.15) is 13.2 Å². The summed E-state index contributed by atoms with van der Waals surface area (Å²) in [5.74, 6) is -0.170. The van der Waals surface area contributed by atoms with E-state index in [9.17, 15) is 18.0 Å². The molecule has 0 bridgehead atoms. The number of rotatable bonds is 5. The van der Waals surface area contributed by atoms with Crippen LogP contribution in [0.25, 0.3) is 9.88 Å². The lowest BCUT2D eigenvalue weighted by atomic mass is 10.1. The summed E-state index contributed by atoms with van der Waals surface area (Å²) >= 11 is 2.99. The average molecular weight is 408 g/mol. The largest absolute Gasteiger partial charge is 0.416 e. The summed E-state index contributed by atoms with van der Waals surface area (Å²) in [6, 6.07) is 9.01. The van der Waals surface area contributed by atoms with Crippen molar-refractivity contribution in [3.05, 3.63) is 64.0 Å². The van der Waals surface area contributed by atoms with Crippen molar-refractivity contribution < 1.29 is 18.0 Å². The highest BCUT2D eigenvalue weighted by Gasteiger charge is 2.34. The minimum absolute atomic E-state index is 0.131. The maximum absolute atomic E-state index is 12.9. The molecule has 1 amide bonds. The van der Waals surface area contributed by atoms with E-state index in [2.05, 4.69) is 4.98 Å². The van der Waals surface area contributed by atoms with Crippen molar-refractivity contribution in [2.75, 3.05) is 0 Å². The first kappa shape index (κ1) is 18.2. The predicted octanol–water partition coefficient (Wildman–Crippen LogP) is 5.70. The number of halogens is 3. The summed E-state index contributed by atoms with van der Waals surface area (Å²) in [5, 5.41) is 4.51. The third kappa shape index (κ3) is 4.06. The molecule has 140 valence electrons. The standard InChI is InChI=1S/C19H15F3N2OS2/c20-19(21,22)13-5-3-12(4-6-13)10-24(14-7-8-14)18(25)15-11-27-17(23-15)16-2-1-9-26-16/h1-6,9,11,14H,7-8,10H2. The van der Waals surface area contributed by atoms with Crippen LogP contribution >= 0.6 is 22.7 Å². The molecule has 2 heterocycles. The summed E-state index contributed by atoms with van der Waals surface area (Å²) in [4.78, 5) is 20.1. The monoisotopic (exact) mass is 408 g/mol. The number of hydrogen-bond acceptors (Lipinski definition) is 4. The second kappa shape index (κ2) is 7.09. The summed E-state index contributed by atoms with van der Waals surface area (Å²) in [7, 11) is 0.